The third-order valence-electron chi connectivity index (χ3n) is 6.29. The number of H-pyrrole nitrogens is 1. The van der Waals surface area contributed by atoms with Crippen LogP contribution in [0.3, 0.4) is 0 Å². The van der Waals surface area contributed by atoms with Gasteiger partial charge in [-0.05, 0) is 39.8 Å². The van der Waals surface area contributed by atoms with Crippen LogP contribution in [0.2, 0.25) is 0 Å². The van der Waals surface area contributed by atoms with Crippen LogP contribution in [0.15, 0.2) is 6.20 Å². The number of hydrogen-bond acceptors (Lipinski definition) is 6. The molecule has 0 saturated heterocycles. The van der Waals surface area contributed by atoms with E-state index in [1.54, 1.807) is 7.11 Å². The summed E-state index contributed by atoms with van der Waals surface area (Å²) in [6.45, 7) is 7.69. The maximum Gasteiger partial charge on any atom is 0.252 e. The van der Waals surface area contributed by atoms with E-state index in [1.807, 2.05) is 27.1 Å². The van der Waals surface area contributed by atoms with Crippen LogP contribution in [0.25, 0.3) is 0 Å². The Morgan fingerprint density at radius 3 is 2.90 bits per heavy atom. The number of rotatable bonds is 11. The number of nitrogens with zero attached hydrogens (tertiary/aromatic N) is 2. The Morgan fingerprint density at radius 1 is 1.45 bits per heavy atom. The number of aromatic nitrogens is 2. The minimum Gasteiger partial charge on any atom is -0.385 e. The van der Waals surface area contributed by atoms with Crippen LogP contribution < -0.4 is 10.6 Å². The molecule has 0 unspecified atom stereocenters. The van der Waals surface area contributed by atoms with Gasteiger partial charge in [0.15, 0.2) is 0 Å². The molecule has 0 aliphatic heterocycles. The van der Waals surface area contributed by atoms with E-state index in [1.165, 1.54) is 0 Å². The Labute approximate surface area is 174 Å². The second kappa shape index (κ2) is 10.5. The van der Waals surface area contributed by atoms with Crippen molar-refractivity contribution in [2.75, 3.05) is 47.4 Å². The maximum absolute atomic E-state index is 12.9. The van der Waals surface area contributed by atoms with Crippen molar-refractivity contribution in [3.8, 4) is 0 Å². The van der Waals surface area contributed by atoms with Gasteiger partial charge in [-0.3, -0.25) is 9.89 Å². The minimum absolute atomic E-state index is 0.0525. The highest BCUT2D eigenvalue weighted by Crippen LogP contribution is 2.49. The fraction of sp³-hybridized carbons (Fsp3) is 0.810. The van der Waals surface area contributed by atoms with Gasteiger partial charge >= 0.3 is 0 Å². The number of likely N-dealkylation sites (N-methyl/N-ethyl adjacent to an activating group) is 2. The normalized spacial score (nSPS) is 24.0. The van der Waals surface area contributed by atoms with Gasteiger partial charge in [-0.15, -0.1) is 0 Å². The first-order chi connectivity index (χ1) is 13.7. The van der Waals surface area contributed by atoms with Gasteiger partial charge in [0.25, 0.3) is 5.91 Å². The summed E-state index contributed by atoms with van der Waals surface area (Å²) in [5.74, 6) is -0.233. The molecule has 1 aliphatic carbocycles. The molecule has 29 heavy (non-hydrogen) atoms. The summed E-state index contributed by atoms with van der Waals surface area (Å²) in [6.07, 6.45) is 4.72. The molecular formula is C21H39N5O3. The predicted octanol–water partition coefficient (Wildman–Crippen LogP) is 1.24. The molecule has 0 aromatic carbocycles. The van der Waals surface area contributed by atoms with Gasteiger partial charge in [-0.25, -0.2) is 0 Å². The number of ether oxygens (including phenoxy) is 1. The van der Waals surface area contributed by atoms with Crippen LogP contribution in [0.4, 0.5) is 0 Å². The number of methoxy groups -OCH3 is 1. The Morgan fingerprint density at radius 2 is 2.21 bits per heavy atom. The van der Waals surface area contributed by atoms with E-state index >= 15 is 0 Å². The van der Waals surface area contributed by atoms with Crippen molar-refractivity contribution in [3.05, 3.63) is 17.5 Å². The quantitative estimate of drug-likeness (QED) is 0.410. The lowest BCUT2D eigenvalue weighted by molar-refractivity contribution is -0.161. The standard InChI is InChI=1S/C21H39N5O3/c1-20(2)8-7-16(13-21(20,28)19(27)23-9-6-12-29-5)18-17(14-24-25-18)15-26(4)11-10-22-3/h14,16,22,28H,6-13,15H2,1-5H3,(H,23,27)(H,24,25)/t16-,21-/m1/s1. The molecule has 8 nitrogen and oxygen atoms in total. The first-order valence-electron chi connectivity index (χ1n) is 10.6. The molecule has 2 rings (SSSR count). The highest BCUT2D eigenvalue weighted by atomic mass is 16.5. The van der Waals surface area contributed by atoms with Crippen molar-refractivity contribution < 1.29 is 14.6 Å². The SMILES string of the molecule is CNCCN(C)Cc1c[nH]nc1[C@@H]1CCC(C)(C)[C@](O)(C(=O)NCCCOC)C1. The largest absolute Gasteiger partial charge is 0.385 e. The number of aliphatic hydroxyl groups is 1. The van der Waals surface area contributed by atoms with Crippen molar-refractivity contribution in [3.63, 3.8) is 0 Å². The van der Waals surface area contributed by atoms with E-state index in [-0.39, 0.29) is 11.8 Å². The molecule has 0 radical (unpaired) electrons. The lowest BCUT2D eigenvalue weighted by Crippen LogP contribution is -2.59. The number of aromatic amines is 1. The molecule has 1 aromatic rings. The van der Waals surface area contributed by atoms with Crippen LogP contribution in [-0.2, 0) is 16.1 Å². The second-order valence-electron chi connectivity index (χ2n) is 8.92. The van der Waals surface area contributed by atoms with Crippen molar-refractivity contribution in [2.45, 2.75) is 57.6 Å². The topological polar surface area (TPSA) is 103 Å². The van der Waals surface area contributed by atoms with Crippen molar-refractivity contribution >= 4 is 5.91 Å². The van der Waals surface area contributed by atoms with Crippen molar-refractivity contribution in [1.29, 1.82) is 0 Å². The Balaban J connectivity index is 2.10. The number of carbonyl (C=O) groups excluding carboxylic acids is 1. The summed E-state index contributed by atoms with van der Waals surface area (Å²) in [6, 6.07) is 0. The fourth-order valence-electron chi connectivity index (χ4n) is 4.15. The smallest absolute Gasteiger partial charge is 0.252 e. The van der Waals surface area contributed by atoms with Gasteiger partial charge in [0.2, 0.25) is 0 Å². The molecule has 1 aromatic heterocycles. The second-order valence-corrected chi connectivity index (χ2v) is 8.92. The highest BCUT2D eigenvalue weighted by molar-refractivity contribution is 5.86. The van der Waals surface area contributed by atoms with Crippen LogP contribution in [-0.4, -0.2) is 79.2 Å². The lowest BCUT2D eigenvalue weighted by Gasteiger charge is -2.47. The summed E-state index contributed by atoms with van der Waals surface area (Å²) < 4.78 is 5.04. The first kappa shape index (κ1) is 23.8. The van der Waals surface area contributed by atoms with Crippen LogP contribution in [0, 0.1) is 5.41 Å². The zero-order valence-electron chi connectivity index (χ0n) is 18.7. The number of carbonyl (C=O) groups is 1. The molecule has 166 valence electrons. The third kappa shape index (κ3) is 5.78. The van der Waals surface area contributed by atoms with E-state index in [0.717, 1.165) is 50.2 Å². The molecule has 1 amide bonds. The molecular weight excluding hydrogens is 370 g/mol. The molecule has 4 N–H and O–H groups in total. The monoisotopic (exact) mass is 409 g/mol. The minimum atomic E-state index is -1.42. The van der Waals surface area contributed by atoms with Crippen molar-refractivity contribution in [1.82, 2.24) is 25.7 Å². The third-order valence-corrected chi connectivity index (χ3v) is 6.29. The van der Waals surface area contributed by atoms with Crippen LogP contribution in [0.5, 0.6) is 0 Å². The average Bonchev–Trinajstić information content (AvgIpc) is 3.13. The summed E-state index contributed by atoms with van der Waals surface area (Å²) in [4.78, 5) is 15.2. The van der Waals surface area contributed by atoms with E-state index in [9.17, 15) is 9.90 Å². The first-order valence-corrected chi connectivity index (χ1v) is 10.6. The highest BCUT2D eigenvalue weighted by Gasteiger charge is 2.53. The molecule has 1 aliphatic rings. The maximum atomic E-state index is 12.9. The van der Waals surface area contributed by atoms with E-state index in [0.29, 0.717) is 19.6 Å². The molecule has 1 fully saturated rings. The summed E-state index contributed by atoms with van der Waals surface area (Å²) in [5.41, 5.74) is 0.199. The van der Waals surface area contributed by atoms with Gasteiger partial charge in [-0.2, -0.15) is 5.10 Å². The fourth-order valence-corrected chi connectivity index (χ4v) is 4.15. The van der Waals surface area contributed by atoms with Crippen molar-refractivity contribution in [2.24, 2.45) is 5.41 Å². The summed E-state index contributed by atoms with van der Waals surface area (Å²) in [5, 5.41) is 25.1. The van der Waals surface area contributed by atoms with Crippen LogP contribution in [0.1, 0.15) is 56.7 Å². The Bertz CT molecular complexity index is 648. The number of amides is 1. The van der Waals surface area contributed by atoms with Gasteiger partial charge in [0, 0.05) is 63.0 Å². The zero-order valence-corrected chi connectivity index (χ0v) is 18.7. The lowest BCUT2D eigenvalue weighted by atomic mass is 9.61. The zero-order chi connectivity index (χ0) is 21.5. The van der Waals surface area contributed by atoms with E-state index < -0.39 is 11.0 Å². The molecule has 0 bridgehead atoms. The Kier molecular flexibility index (Phi) is 8.63. The van der Waals surface area contributed by atoms with E-state index in [2.05, 4.69) is 32.8 Å². The molecule has 2 atom stereocenters. The molecule has 1 saturated carbocycles. The Hall–Kier alpha value is -1.48. The number of nitrogens with one attached hydrogen (secondary N) is 3. The average molecular weight is 410 g/mol. The van der Waals surface area contributed by atoms with Gasteiger partial charge in [0.05, 0.1) is 5.69 Å². The predicted molar refractivity (Wildman–Crippen MR) is 114 cm³/mol. The molecule has 8 heteroatoms. The van der Waals surface area contributed by atoms with Gasteiger partial charge in [-0.1, -0.05) is 13.8 Å². The molecule has 1 heterocycles. The summed E-state index contributed by atoms with van der Waals surface area (Å²) in [7, 11) is 5.67. The van der Waals surface area contributed by atoms with E-state index in [4.69, 9.17) is 4.74 Å². The van der Waals surface area contributed by atoms with Gasteiger partial charge < -0.3 is 25.4 Å². The molecule has 0 spiro atoms. The van der Waals surface area contributed by atoms with Gasteiger partial charge in [0.1, 0.15) is 5.60 Å². The summed E-state index contributed by atoms with van der Waals surface area (Å²) >= 11 is 0. The number of hydrogen-bond donors (Lipinski definition) is 4. The van der Waals surface area contributed by atoms with Crippen LogP contribution >= 0.6 is 0 Å².